The highest BCUT2D eigenvalue weighted by atomic mass is 32.1. The molecule has 6 aromatic heterocycles. The van der Waals surface area contributed by atoms with E-state index in [9.17, 15) is 37.5 Å². The molecule has 3 N–H and O–H groups in total. The lowest BCUT2D eigenvalue weighted by molar-refractivity contribution is -0.125. The van der Waals surface area contributed by atoms with E-state index < -0.39 is 18.1 Å². The maximum Gasteiger partial charge on any atom is 0.290 e. The second-order valence-corrected chi connectivity index (χ2v) is 28.7. The predicted octanol–water partition coefficient (Wildman–Crippen LogP) is 11.9. The van der Waals surface area contributed by atoms with Gasteiger partial charge in [-0.1, -0.05) is 54.6 Å². The zero-order valence-electron chi connectivity index (χ0n) is 60.3. The molecule has 9 heterocycles. The van der Waals surface area contributed by atoms with Crippen molar-refractivity contribution in [3.63, 3.8) is 0 Å². The average Bonchev–Trinajstić information content (AvgIpc) is 1.61. The van der Waals surface area contributed by atoms with E-state index in [-0.39, 0.29) is 78.2 Å². The number of nitrogens with zero attached hydrogens (tertiary/aromatic N) is 10. The van der Waals surface area contributed by atoms with Gasteiger partial charge in [-0.25, -0.2) is 13.8 Å². The van der Waals surface area contributed by atoms with Crippen LogP contribution < -0.4 is 20.7 Å². The summed E-state index contributed by atoms with van der Waals surface area (Å²) in [5.74, 6) is -1.16. The lowest BCUT2D eigenvalue weighted by atomic mass is 9.92. The molecule has 0 spiro atoms. The number of benzene rings is 6. The molecule has 552 valence electrons. The van der Waals surface area contributed by atoms with E-state index >= 15 is 0 Å². The summed E-state index contributed by atoms with van der Waals surface area (Å²) < 4.78 is 45.9. The van der Waals surface area contributed by atoms with Crippen molar-refractivity contribution in [3.8, 4) is 5.75 Å². The number of nitrogens with one attached hydrogen (secondary N) is 3. The SMILES string of the molecule is CNC(=O)[C@H]1CC2=C(Cc3ccc(F)cc32)CN1C(=O)c1ncsc1CCc1ccc2nccnc2c1.CNC(=O)[C@H]1CC2=C(Cc3cccc(F)c32)CN1C(=O)c1occc1CCc1ccc2nccnc2c1.CNC(=O)[C@H]1CC2=C(Cc3ccccc32)CN1C(=O)c1occc1COc1ccc2nccnc2c1. The Bertz CT molecular complexity index is 5790. The number of carbonyl (C=O) groups excluding carboxylic acids is 6. The molecule has 6 aliphatic rings. The maximum atomic E-state index is 14.7. The van der Waals surface area contributed by atoms with Crippen molar-refractivity contribution in [2.45, 2.75) is 88.9 Å². The van der Waals surface area contributed by atoms with Crippen molar-refractivity contribution >= 4 is 96.6 Å². The number of amides is 6. The Morgan fingerprint density at radius 3 is 1.57 bits per heavy atom. The minimum atomic E-state index is -0.751. The quantitative estimate of drug-likeness (QED) is 0.0860. The Morgan fingerprint density at radius 2 is 0.964 bits per heavy atom. The number of ether oxygens (including phenoxy) is 1. The Morgan fingerprint density at radius 1 is 0.473 bits per heavy atom. The Hall–Kier alpha value is -12.8. The lowest BCUT2D eigenvalue weighted by Gasteiger charge is -2.35. The molecule has 0 saturated carbocycles. The van der Waals surface area contributed by atoms with Crippen LogP contribution in [0, 0.1) is 11.6 Å². The molecular formula is C85H73F2N13O9S. The molecule has 0 unspecified atom stereocenters. The number of aryl methyl sites for hydroxylation is 4. The van der Waals surface area contributed by atoms with Gasteiger partial charge in [-0.15, -0.1) is 11.3 Å². The number of furan rings is 2. The molecule has 110 heavy (non-hydrogen) atoms. The minimum absolute atomic E-state index is 0.140. The summed E-state index contributed by atoms with van der Waals surface area (Å²) in [4.78, 5) is 116. The van der Waals surface area contributed by atoms with Gasteiger partial charge in [0.05, 0.1) is 51.1 Å². The first kappa shape index (κ1) is 71.5. The van der Waals surface area contributed by atoms with Gasteiger partial charge in [0.25, 0.3) is 17.7 Å². The molecule has 6 aromatic carbocycles. The predicted molar refractivity (Wildman–Crippen MR) is 409 cm³/mol. The number of hydrogen-bond donors (Lipinski definition) is 3. The van der Waals surface area contributed by atoms with Crippen molar-refractivity contribution in [2.24, 2.45) is 0 Å². The zero-order chi connectivity index (χ0) is 75.7. The van der Waals surface area contributed by atoms with Crippen LogP contribution in [0.3, 0.4) is 0 Å². The van der Waals surface area contributed by atoms with E-state index in [1.807, 2.05) is 72.8 Å². The topological polar surface area (TPSA) is 274 Å². The molecule has 3 aliphatic carbocycles. The molecular weight excluding hydrogens is 1420 g/mol. The molecule has 22 nitrogen and oxygen atoms in total. The Balaban J connectivity index is 0.000000125. The molecule has 3 atom stereocenters. The first-order chi connectivity index (χ1) is 53.7. The van der Waals surface area contributed by atoms with E-state index in [1.165, 1.54) is 64.3 Å². The van der Waals surface area contributed by atoms with Gasteiger partial charge in [-0.3, -0.25) is 58.7 Å². The number of halogens is 2. The number of hydrogen-bond acceptors (Lipinski definition) is 17. The van der Waals surface area contributed by atoms with Gasteiger partial charge in [-0.2, -0.15) is 0 Å². The van der Waals surface area contributed by atoms with E-state index in [4.69, 9.17) is 13.6 Å². The summed E-state index contributed by atoms with van der Waals surface area (Å²) in [5.41, 5.74) is 22.5. The maximum absolute atomic E-state index is 14.7. The molecule has 0 radical (unpaired) electrons. The molecule has 6 amide bonds. The van der Waals surface area contributed by atoms with Crippen molar-refractivity contribution in [2.75, 3.05) is 40.8 Å². The van der Waals surface area contributed by atoms with Crippen LogP contribution in [-0.2, 0) is 65.9 Å². The van der Waals surface area contributed by atoms with Crippen molar-refractivity contribution < 1.29 is 51.1 Å². The highest BCUT2D eigenvalue weighted by Gasteiger charge is 2.44. The summed E-state index contributed by atoms with van der Waals surface area (Å²) >= 11 is 1.45. The van der Waals surface area contributed by atoms with Crippen LogP contribution in [0.25, 0.3) is 49.8 Å². The van der Waals surface area contributed by atoms with E-state index in [0.29, 0.717) is 80.6 Å². The fourth-order valence-corrected chi connectivity index (χ4v) is 16.7. The summed E-state index contributed by atoms with van der Waals surface area (Å²) in [6.45, 7) is 1.10. The largest absolute Gasteiger partial charge is 0.489 e. The monoisotopic (exact) mass is 1490 g/mol. The molecule has 25 heteroatoms. The van der Waals surface area contributed by atoms with Crippen LogP contribution in [0.1, 0.15) is 111 Å². The van der Waals surface area contributed by atoms with E-state index in [0.717, 1.165) is 106 Å². The van der Waals surface area contributed by atoms with Crippen LogP contribution in [0.15, 0.2) is 208 Å². The fourth-order valence-electron chi connectivity index (χ4n) is 15.9. The number of aromatic nitrogens is 7. The van der Waals surface area contributed by atoms with Crippen LogP contribution in [0.2, 0.25) is 0 Å². The second-order valence-electron chi connectivity index (χ2n) is 27.7. The molecule has 18 rings (SSSR count). The highest BCUT2D eigenvalue weighted by Crippen LogP contribution is 2.45. The Kier molecular flexibility index (Phi) is 20.0. The summed E-state index contributed by atoms with van der Waals surface area (Å²) in [5, 5.41) is 8.09. The Labute approximate surface area is 634 Å². The van der Waals surface area contributed by atoms with Gasteiger partial charge in [0, 0.05) is 125 Å². The average molecular weight is 1490 g/mol. The van der Waals surface area contributed by atoms with Crippen molar-refractivity contribution in [1.29, 1.82) is 0 Å². The molecule has 0 fully saturated rings. The standard InChI is InChI=1S/C29H25FN4O3.C28H24FN5O2S.C28H24N4O4/c1-31-28(35)25-15-21-20(14-19-3-2-4-22(30)26(19)21)16-34(25)29(36)27-18(9-12-37-27)7-5-17-6-8-23-24(13-17)33-11-10-32-23;1-30-27(35)24-13-21-18(11-17-4-5-19(29)12-20(17)21)14-34(24)28(36)26-25(37-15-33-26)7-3-16-2-6-22-23(10-16)32-9-8-31-22;1-29-27(33)25-14-22-19(12-17-4-2-3-5-21(17)22)15-32(25)28(34)26-18(8-11-35-26)16-36-20-6-7-23-24(13-20)31-10-9-30-23/h2-4,6,8-13,25H,5,7,14-16H2,1H3,(H,31,35);2,4-6,8-10,12,15,24H,3,7,11,13-14H2,1H3,(H,30,35);2-11,13,25H,12,14-16H2,1H3,(H,29,33)/t25-;24-;25-/m111/s1. The minimum Gasteiger partial charge on any atom is -0.489 e. The molecule has 0 saturated heterocycles. The lowest BCUT2D eigenvalue weighted by Crippen LogP contribution is -2.51. The normalized spacial score (nSPS) is 16.6. The second kappa shape index (κ2) is 30.8. The molecule has 3 aliphatic heterocycles. The van der Waals surface area contributed by atoms with Crippen LogP contribution in [-0.4, -0.2) is 144 Å². The zero-order valence-corrected chi connectivity index (χ0v) is 61.1. The van der Waals surface area contributed by atoms with Gasteiger partial charge >= 0.3 is 0 Å². The molecule has 12 aromatic rings. The fraction of sp³-hybridized carbons (Fsp3) is 0.235. The first-order valence-electron chi connectivity index (χ1n) is 36.3. The number of carbonyl (C=O) groups is 6. The van der Waals surface area contributed by atoms with Crippen molar-refractivity contribution in [3.05, 3.63) is 289 Å². The van der Waals surface area contributed by atoms with E-state index in [2.05, 4.69) is 63.0 Å². The third-order valence-corrected chi connectivity index (χ3v) is 22.3. The first-order valence-corrected chi connectivity index (χ1v) is 37.2. The van der Waals surface area contributed by atoms with Crippen LogP contribution in [0.5, 0.6) is 5.75 Å². The highest BCUT2D eigenvalue weighted by molar-refractivity contribution is 7.10. The number of likely N-dealkylation sites (N-methyl/N-ethyl adjacent to an activating group) is 3. The third-order valence-electron chi connectivity index (χ3n) is 21.4. The summed E-state index contributed by atoms with van der Waals surface area (Å²) in [6.07, 6.45) is 18.7. The summed E-state index contributed by atoms with van der Waals surface area (Å²) in [6, 6.07) is 37.0. The smallest absolute Gasteiger partial charge is 0.290 e. The summed E-state index contributed by atoms with van der Waals surface area (Å²) in [7, 11) is 4.71. The van der Waals surface area contributed by atoms with Gasteiger partial charge < -0.3 is 44.2 Å². The number of rotatable bonds is 15. The van der Waals surface area contributed by atoms with Gasteiger partial charge in [0.15, 0.2) is 11.5 Å². The van der Waals surface area contributed by atoms with Gasteiger partial charge in [0.1, 0.15) is 47.8 Å². The van der Waals surface area contributed by atoms with Crippen LogP contribution >= 0.6 is 11.3 Å². The van der Waals surface area contributed by atoms with Crippen LogP contribution in [0.4, 0.5) is 8.78 Å². The number of thiazole rings is 1. The number of fused-ring (bicyclic) bond motifs is 9. The van der Waals surface area contributed by atoms with Gasteiger partial charge in [-0.05, 0) is 184 Å². The van der Waals surface area contributed by atoms with Gasteiger partial charge in [0.2, 0.25) is 17.7 Å². The van der Waals surface area contributed by atoms with Crippen molar-refractivity contribution in [1.82, 2.24) is 65.5 Å². The molecule has 0 bridgehead atoms. The van der Waals surface area contributed by atoms with E-state index in [1.54, 1.807) is 103 Å². The third kappa shape index (κ3) is 14.2.